The summed E-state index contributed by atoms with van der Waals surface area (Å²) < 4.78 is 5.93. The highest BCUT2D eigenvalue weighted by Gasteiger charge is 2.15. The minimum Gasteiger partial charge on any atom is -0.491 e. The molecule has 0 saturated heterocycles. The zero-order valence-electron chi connectivity index (χ0n) is 13.6. The van der Waals surface area contributed by atoms with E-state index in [1.54, 1.807) is 0 Å². The van der Waals surface area contributed by atoms with Crippen molar-refractivity contribution in [3.05, 3.63) is 29.8 Å². The number of nitrogens with zero attached hydrogens (tertiary/aromatic N) is 1. The fourth-order valence-electron chi connectivity index (χ4n) is 2.44. The lowest BCUT2D eigenvalue weighted by molar-refractivity contribution is 0.235. The molecule has 1 N–H and O–H groups in total. The first-order valence-electron chi connectivity index (χ1n) is 7.77. The Kier molecular flexibility index (Phi) is 7.63. The van der Waals surface area contributed by atoms with Crippen LogP contribution in [0.25, 0.3) is 0 Å². The van der Waals surface area contributed by atoms with Gasteiger partial charge in [-0.15, -0.1) is 0 Å². The lowest BCUT2D eigenvalue weighted by atomic mass is 10.0. The molecule has 1 atom stereocenters. The summed E-state index contributed by atoms with van der Waals surface area (Å²) >= 11 is 0. The van der Waals surface area contributed by atoms with Gasteiger partial charge in [0, 0.05) is 11.6 Å². The molecule has 20 heavy (non-hydrogen) atoms. The highest BCUT2D eigenvalue weighted by molar-refractivity contribution is 5.36. The number of nitrogens with one attached hydrogen (secondary N) is 1. The fraction of sp³-hybridized carbons (Fsp3) is 0.647. The molecular formula is C17H30N2O. The summed E-state index contributed by atoms with van der Waals surface area (Å²) in [4.78, 5) is 2.45. The second kappa shape index (κ2) is 8.98. The van der Waals surface area contributed by atoms with Crippen LogP contribution < -0.4 is 10.1 Å². The van der Waals surface area contributed by atoms with Gasteiger partial charge in [-0.25, -0.2) is 0 Å². The maximum absolute atomic E-state index is 5.93. The van der Waals surface area contributed by atoms with Gasteiger partial charge in [0.15, 0.2) is 0 Å². The van der Waals surface area contributed by atoms with Gasteiger partial charge >= 0.3 is 0 Å². The molecule has 0 aromatic heterocycles. The van der Waals surface area contributed by atoms with E-state index in [2.05, 4.69) is 56.1 Å². The molecule has 0 aliphatic heterocycles. The van der Waals surface area contributed by atoms with E-state index in [1.165, 1.54) is 5.56 Å². The third-order valence-corrected chi connectivity index (χ3v) is 3.63. The average molecular weight is 278 g/mol. The standard InChI is InChI=1S/C17H30N2O/c1-6-19(7-2)13-12-16(18-5)15-10-8-9-11-17(15)20-14(3)4/h8-11,14,16,18H,6-7,12-13H2,1-5H3. The van der Waals surface area contributed by atoms with Crippen molar-refractivity contribution in [1.82, 2.24) is 10.2 Å². The van der Waals surface area contributed by atoms with E-state index in [-0.39, 0.29) is 6.10 Å². The van der Waals surface area contributed by atoms with Gasteiger partial charge in [-0.3, -0.25) is 0 Å². The third kappa shape index (κ3) is 5.14. The van der Waals surface area contributed by atoms with E-state index in [0.717, 1.165) is 31.8 Å². The highest BCUT2D eigenvalue weighted by Crippen LogP contribution is 2.28. The highest BCUT2D eigenvalue weighted by atomic mass is 16.5. The molecule has 0 bridgehead atoms. The molecule has 0 aliphatic carbocycles. The van der Waals surface area contributed by atoms with Crippen LogP contribution in [0.1, 0.15) is 45.7 Å². The van der Waals surface area contributed by atoms with Gasteiger partial charge in [0.1, 0.15) is 5.75 Å². The molecular weight excluding hydrogens is 248 g/mol. The Labute approximate surface area is 124 Å². The van der Waals surface area contributed by atoms with Crippen LogP contribution in [0.2, 0.25) is 0 Å². The van der Waals surface area contributed by atoms with Crippen molar-refractivity contribution in [2.75, 3.05) is 26.7 Å². The number of rotatable bonds is 9. The molecule has 0 aliphatic rings. The lowest BCUT2D eigenvalue weighted by Gasteiger charge is -2.25. The van der Waals surface area contributed by atoms with Crippen molar-refractivity contribution >= 4 is 0 Å². The molecule has 0 amide bonds. The zero-order valence-corrected chi connectivity index (χ0v) is 13.6. The summed E-state index contributed by atoms with van der Waals surface area (Å²) in [6.07, 6.45) is 1.30. The first kappa shape index (κ1) is 17.0. The number of para-hydroxylation sites is 1. The Bertz CT molecular complexity index is 375. The van der Waals surface area contributed by atoms with Crippen LogP contribution in [0.4, 0.5) is 0 Å². The number of benzene rings is 1. The maximum Gasteiger partial charge on any atom is 0.124 e. The van der Waals surface area contributed by atoms with E-state index in [4.69, 9.17) is 4.74 Å². The molecule has 0 radical (unpaired) electrons. The van der Waals surface area contributed by atoms with Crippen LogP contribution in [-0.2, 0) is 0 Å². The van der Waals surface area contributed by atoms with Crippen LogP contribution in [0.3, 0.4) is 0 Å². The average Bonchev–Trinajstić information content (AvgIpc) is 2.44. The quantitative estimate of drug-likeness (QED) is 0.748. The third-order valence-electron chi connectivity index (χ3n) is 3.63. The topological polar surface area (TPSA) is 24.5 Å². The summed E-state index contributed by atoms with van der Waals surface area (Å²) in [5.41, 5.74) is 1.26. The smallest absolute Gasteiger partial charge is 0.124 e. The van der Waals surface area contributed by atoms with E-state index in [1.807, 2.05) is 13.1 Å². The first-order valence-corrected chi connectivity index (χ1v) is 7.77. The maximum atomic E-state index is 5.93. The van der Waals surface area contributed by atoms with Gasteiger partial charge in [0.25, 0.3) is 0 Å². The van der Waals surface area contributed by atoms with Gasteiger partial charge < -0.3 is 15.0 Å². The van der Waals surface area contributed by atoms with Crippen LogP contribution >= 0.6 is 0 Å². The second-order valence-corrected chi connectivity index (χ2v) is 5.36. The predicted octanol–water partition coefficient (Wildman–Crippen LogP) is 3.47. The van der Waals surface area contributed by atoms with Gasteiger partial charge in [-0.2, -0.15) is 0 Å². The van der Waals surface area contributed by atoms with Crippen molar-refractivity contribution < 1.29 is 4.74 Å². The summed E-state index contributed by atoms with van der Waals surface area (Å²) in [5.74, 6) is 1.00. The first-order chi connectivity index (χ1) is 9.62. The minimum atomic E-state index is 0.205. The van der Waals surface area contributed by atoms with E-state index in [0.29, 0.717) is 6.04 Å². The second-order valence-electron chi connectivity index (χ2n) is 5.36. The molecule has 0 saturated carbocycles. The molecule has 114 valence electrons. The Balaban J connectivity index is 2.78. The Hall–Kier alpha value is -1.06. The molecule has 1 aromatic rings. The van der Waals surface area contributed by atoms with Gasteiger partial charge in [-0.05, 0) is 53.0 Å². The van der Waals surface area contributed by atoms with Crippen LogP contribution in [0.5, 0.6) is 5.75 Å². The lowest BCUT2D eigenvalue weighted by Crippen LogP contribution is -2.28. The predicted molar refractivity (Wildman–Crippen MR) is 86.4 cm³/mol. The van der Waals surface area contributed by atoms with Crippen LogP contribution in [0.15, 0.2) is 24.3 Å². The van der Waals surface area contributed by atoms with Crippen molar-refractivity contribution in [2.45, 2.75) is 46.3 Å². The fourth-order valence-corrected chi connectivity index (χ4v) is 2.44. The number of hydrogen-bond acceptors (Lipinski definition) is 3. The van der Waals surface area contributed by atoms with Crippen molar-refractivity contribution in [1.29, 1.82) is 0 Å². The minimum absolute atomic E-state index is 0.205. The SMILES string of the molecule is CCN(CC)CCC(NC)c1ccccc1OC(C)C. The molecule has 0 heterocycles. The van der Waals surface area contributed by atoms with Crippen LogP contribution in [-0.4, -0.2) is 37.7 Å². The van der Waals surface area contributed by atoms with Crippen LogP contribution in [0, 0.1) is 0 Å². The molecule has 0 fully saturated rings. The Morgan fingerprint density at radius 2 is 1.80 bits per heavy atom. The summed E-state index contributed by atoms with van der Waals surface area (Å²) in [6.45, 7) is 11.9. The molecule has 1 unspecified atom stereocenters. The number of ether oxygens (including phenoxy) is 1. The van der Waals surface area contributed by atoms with E-state index < -0.39 is 0 Å². The summed E-state index contributed by atoms with van der Waals surface area (Å²) in [6, 6.07) is 8.70. The Morgan fingerprint density at radius 3 is 2.35 bits per heavy atom. The Morgan fingerprint density at radius 1 is 1.15 bits per heavy atom. The van der Waals surface area contributed by atoms with E-state index >= 15 is 0 Å². The summed E-state index contributed by atoms with van der Waals surface area (Å²) in [7, 11) is 2.03. The van der Waals surface area contributed by atoms with Gasteiger partial charge in [0.2, 0.25) is 0 Å². The van der Waals surface area contributed by atoms with E-state index in [9.17, 15) is 0 Å². The number of hydrogen-bond donors (Lipinski definition) is 1. The summed E-state index contributed by atoms with van der Waals surface area (Å²) in [5, 5.41) is 3.43. The largest absolute Gasteiger partial charge is 0.491 e. The van der Waals surface area contributed by atoms with Crippen molar-refractivity contribution in [3.8, 4) is 5.75 Å². The molecule has 3 heteroatoms. The van der Waals surface area contributed by atoms with Crippen molar-refractivity contribution in [2.24, 2.45) is 0 Å². The van der Waals surface area contributed by atoms with Gasteiger partial charge in [0.05, 0.1) is 6.10 Å². The zero-order chi connectivity index (χ0) is 15.0. The molecule has 1 aromatic carbocycles. The molecule has 3 nitrogen and oxygen atoms in total. The molecule has 1 rings (SSSR count). The van der Waals surface area contributed by atoms with Crippen molar-refractivity contribution in [3.63, 3.8) is 0 Å². The normalized spacial score (nSPS) is 12.9. The molecule has 0 spiro atoms. The van der Waals surface area contributed by atoms with Gasteiger partial charge in [-0.1, -0.05) is 32.0 Å². The monoisotopic (exact) mass is 278 g/mol.